The highest BCUT2D eigenvalue weighted by Gasteiger charge is 2.13. The van der Waals surface area contributed by atoms with Gasteiger partial charge in [0.15, 0.2) is 12.3 Å². The lowest BCUT2D eigenvalue weighted by atomic mass is 10.1. The number of benzene rings is 2. The van der Waals surface area contributed by atoms with E-state index in [0.717, 1.165) is 0 Å². The first kappa shape index (κ1) is 17.8. The van der Waals surface area contributed by atoms with Gasteiger partial charge in [-0.25, -0.2) is 15.3 Å². The maximum absolute atomic E-state index is 12.3. The quantitative estimate of drug-likeness (QED) is 0.443. The van der Waals surface area contributed by atoms with E-state index in [1.54, 1.807) is 48.5 Å². The molecule has 9 heteroatoms. The summed E-state index contributed by atoms with van der Waals surface area (Å²) in [5.74, 6) is -1.40. The summed E-state index contributed by atoms with van der Waals surface area (Å²) in [4.78, 5) is 34.7. The molecule has 3 aromatic rings. The standard InChI is InChI=1S/C18H14N4O5/c23-15(24)10-27-14-8-4-1-5-11(14)9-19-21-18(26)16-12-6-2-3-7-13(12)17(25)22-20-16/h1-9H,10H2,(H,21,26)(H,22,25)(H,23,24)/b19-9-. The summed E-state index contributed by atoms with van der Waals surface area (Å²) in [6, 6.07) is 13.2. The number of nitrogens with zero attached hydrogens (tertiary/aromatic N) is 2. The van der Waals surface area contributed by atoms with Crippen molar-refractivity contribution in [1.82, 2.24) is 15.6 Å². The lowest BCUT2D eigenvalue weighted by Gasteiger charge is -2.06. The van der Waals surface area contributed by atoms with Crippen LogP contribution in [0.3, 0.4) is 0 Å². The first-order chi connectivity index (χ1) is 13.1. The Morgan fingerprint density at radius 1 is 1.15 bits per heavy atom. The van der Waals surface area contributed by atoms with Crippen molar-refractivity contribution in [3.63, 3.8) is 0 Å². The number of carboxylic acids is 1. The molecule has 3 N–H and O–H groups in total. The van der Waals surface area contributed by atoms with Gasteiger partial charge in [-0.3, -0.25) is 9.59 Å². The van der Waals surface area contributed by atoms with Gasteiger partial charge in [-0.05, 0) is 18.2 Å². The van der Waals surface area contributed by atoms with E-state index in [0.29, 0.717) is 22.1 Å². The highest BCUT2D eigenvalue weighted by atomic mass is 16.5. The fourth-order valence-corrected chi connectivity index (χ4v) is 2.36. The third kappa shape index (κ3) is 4.15. The zero-order valence-electron chi connectivity index (χ0n) is 13.9. The lowest BCUT2D eigenvalue weighted by molar-refractivity contribution is -0.139. The summed E-state index contributed by atoms with van der Waals surface area (Å²) in [5.41, 5.74) is 2.44. The number of carbonyl (C=O) groups is 2. The number of hydrogen-bond acceptors (Lipinski definition) is 6. The number of carbonyl (C=O) groups excluding carboxylic acids is 1. The van der Waals surface area contributed by atoms with Crippen LogP contribution in [0.5, 0.6) is 5.75 Å². The number of aromatic amines is 1. The number of para-hydroxylation sites is 1. The third-order valence-corrected chi connectivity index (χ3v) is 3.55. The molecule has 0 unspecified atom stereocenters. The van der Waals surface area contributed by atoms with E-state index in [1.165, 1.54) is 6.21 Å². The van der Waals surface area contributed by atoms with E-state index in [-0.39, 0.29) is 5.69 Å². The minimum Gasteiger partial charge on any atom is -0.481 e. The van der Waals surface area contributed by atoms with Crippen LogP contribution in [0.1, 0.15) is 16.1 Å². The number of rotatable bonds is 6. The van der Waals surface area contributed by atoms with Crippen LogP contribution < -0.4 is 15.7 Å². The molecule has 2 aromatic carbocycles. The minimum absolute atomic E-state index is 0.0257. The van der Waals surface area contributed by atoms with Gasteiger partial charge in [-0.2, -0.15) is 10.2 Å². The second-order valence-corrected chi connectivity index (χ2v) is 5.37. The van der Waals surface area contributed by atoms with Crippen LogP contribution in [0, 0.1) is 0 Å². The van der Waals surface area contributed by atoms with Gasteiger partial charge in [-0.15, -0.1) is 0 Å². The first-order valence-corrected chi connectivity index (χ1v) is 7.80. The molecule has 0 aliphatic rings. The van der Waals surface area contributed by atoms with Crippen LogP contribution in [-0.2, 0) is 4.79 Å². The van der Waals surface area contributed by atoms with Crippen LogP contribution in [0.25, 0.3) is 10.8 Å². The van der Waals surface area contributed by atoms with Gasteiger partial charge in [0.1, 0.15) is 5.75 Å². The highest BCUT2D eigenvalue weighted by Crippen LogP contribution is 2.16. The SMILES string of the molecule is O=C(O)COc1ccccc1/C=N\NC(=O)c1n[nH]c(=O)c2ccccc12. The number of hydrogen-bond donors (Lipinski definition) is 3. The predicted octanol–water partition coefficient (Wildman–Crippen LogP) is 1.15. The van der Waals surface area contributed by atoms with Gasteiger partial charge in [-0.1, -0.05) is 30.3 Å². The molecule has 0 aliphatic heterocycles. The fourth-order valence-electron chi connectivity index (χ4n) is 2.36. The molecule has 9 nitrogen and oxygen atoms in total. The highest BCUT2D eigenvalue weighted by molar-refractivity contribution is 6.04. The number of aliphatic carboxylic acids is 1. The molecule has 1 aromatic heterocycles. The maximum atomic E-state index is 12.3. The molecule has 27 heavy (non-hydrogen) atoms. The van der Waals surface area contributed by atoms with Crippen molar-refractivity contribution >= 4 is 28.9 Å². The van der Waals surface area contributed by atoms with Gasteiger partial charge >= 0.3 is 5.97 Å². The number of amides is 1. The average Bonchev–Trinajstić information content (AvgIpc) is 2.67. The number of aromatic nitrogens is 2. The van der Waals surface area contributed by atoms with Crippen molar-refractivity contribution in [2.45, 2.75) is 0 Å². The fraction of sp³-hybridized carbons (Fsp3) is 0.0556. The van der Waals surface area contributed by atoms with Crippen molar-refractivity contribution in [3.8, 4) is 5.75 Å². The van der Waals surface area contributed by atoms with Gasteiger partial charge < -0.3 is 9.84 Å². The van der Waals surface area contributed by atoms with Crippen molar-refractivity contribution < 1.29 is 19.4 Å². The smallest absolute Gasteiger partial charge is 0.341 e. The first-order valence-electron chi connectivity index (χ1n) is 7.80. The Morgan fingerprint density at radius 2 is 1.85 bits per heavy atom. The number of fused-ring (bicyclic) bond motifs is 1. The number of nitrogens with one attached hydrogen (secondary N) is 2. The van der Waals surface area contributed by atoms with Crippen molar-refractivity contribution in [3.05, 3.63) is 70.1 Å². The van der Waals surface area contributed by atoms with Crippen LogP contribution in [0.4, 0.5) is 0 Å². The largest absolute Gasteiger partial charge is 0.481 e. The van der Waals surface area contributed by atoms with Gasteiger partial charge in [0.2, 0.25) is 0 Å². The van der Waals surface area contributed by atoms with Crippen molar-refractivity contribution in [2.75, 3.05) is 6.61 Å². The Bertz CT molecular complexity index is 1090. The Morgan fingerprint density at radius 3 is 2.63 bits per heavy atom. The van der Waals surface area contributed by atoms with E-state index >= 15 is 0 Å². The normalized spacial score (nSPS) is 10.8. The van der Waals surface area contributed by atoms with E-state index < -0.39 is 24.0 Å². The molecule has 0 fully saturated rings. The topological polar surface area (TPSA) is 134 Å². The summed E-state index contributed by atoms with van der Waals surface area (Å²) >= 11 is 0. The number of H-pyrrole nitrogens is 1. The average molecular weight is 366 g/mol. The zero-order chi connectivity index (χ0) is 19.2. The molecule has 0 spiro atoms. The molecular weight excluding hydrogens is 352 g/mol. The Kier molecular flexibility index (Phi) is 5.22. The van der Waals surface area contributed by atoms with Gasteiger partial charge in [0, 0.05) is 10.9 Å². The van der Waals surface area contributed by atoms with Crippen molar-refractivity contribution in [1.29, 1.82) is 0 Å². The molecule has 1 amide bonds. The molecule has 0 atom stereocenters. The van der Waals surface area contributed by atoms with Gasteiger partial charge in [0.25, 0.3) is 11.5 Å². The van der Waals surface area contributed by atoms with E-state index in [4.69, 9.17) is 9.84 Å². The molecular formula is C18H14N4O5. The molecule has 0 bridgehead atoms. The molecule has 0 saturated heterocycles. The minimum atomic E-state index is -1.11. The monoisotopic (exact) mass is 366 g/mol. The predicted molar refractivity (Wildman–Crippen MR) is 97.0 cm³/mol. The van der Waals surface area contributed by atoms with Crippen LogP contribution >= 0.6 is 0 Å². The van der Waals surface area contributed by atoms with Crippen molar-refractivity contribution in [2.24, 2.45) is 5.10 Å². The zero-order valence-corrected chi connectivity index (χ0v) is 13.9. The number of carboxylic acid groups (broad SMARTS) is 1. The van der Waals surface area contributed by atoms with Crippen LogP contribution in [-0.4, -0.2) is 40.0 Å². The molecule has 3 rings (SSSR count). The second-order valence-electron chi connectivity index (χ2n) is 5.37. The Balaban J connectivity index is 1.78. The second kappa shape index (κ2) is 7.91. The Hall–Kier alpha value is -4.01. The Labute approximate surface area is 152 Å². The molecule has 0 saturated carbocycles. The summed E-state index contributed by atoms with van der Waals surface area (Å²) in [7, 11) is 0. The molecule has 0 aliphatic carbocycles. The summed E-state index contributed by atoms with van der Waals surface area (Å²) in [6.07, 6.45) is 1.32. The molecule has 0 radical (unpaired) electrons. The van der Waals surface area contributed by atoms with E-state index in [9.17, 15) is 14.4 Å². The van der Waals surface area contributed by atoms with Crippen LogP contribution in [0.15, 0.2) is 58.4 Å². The summed E-state index contributed by atoms with van der Waals surface area (Å²) in [6.45, 7) is -0.496. The maximum Gasteiger partial charge on any atom is 0.341 e. The van der Waals surface area contributed by atoms with E-state index in [2.05, 4.69) is 20.7 Å². The van der Waals surface area contributed by atoms with Gasteiger partial charge in [0.05, 0.1) is 11.6 Å². The molecule has 1 heterocycles. The summed E-state index contributed by atoms with van der Waals surface area (Å²) in [5, 5.41) is 19.4. The van der Waals surface area contributed by atoms with E-state index in [1.807, 2.05) is 0 Å². The summed E-state index contributed by atoms with van der Waals surface area (Å²) < 4.78 is 5.16. The number of ether oxygens (including phenoxy) is 1. The lowest BCUT2D eigenvalue weighted by Crippen LogP contribution is -2.22. The van der Waals surface area contributed by atoms with Crippen LogP contribution in [0.2, 0.25) is 0 Å². The number of hydrazone groups is 1. The third-order valence-electron chi connectivity index (χ3n) is 3.55. The molecule has 136 valence electrons.